The molecule has 2 atom stereocenters. The summed E-state index contributed by atoms with van der Waals surface area (Å²) >= 11 is 0. The van der Waals surface area contributed by atoms with E-state index in [1.54, 1.807) is 24.3 Å². The van der Waals surface area contributed by atoms with Crippen LogP contribution in [0.25, 0.3) is 44.6 Å². The standard InChI is InChI=1S/2C26H25N5O2/c2*32-19-10-8-16(9-11-19)21-14-20(23-24(18-6-7-18)29-30-25(23)28-21)26(33)31-13-12-27-15-22(31)17-4-2-1-3-5-17/h2*1-5,8-11,14,18,22,27,32H,6-7,12-13,15H2,(H,28,29,30)/t2*22-/m00/s1. The number of fused-ring (bicyclic) bond motifs is 2. The van der Waals surface area contributed by atoms with E-state index in [-0.39, 0.29) is 35.4 Å². The van der Waals surface area contributed by atoms with Crippen LogP contribution in [-0.2, 0) is 0 Å². The van der Waals surface area contributed by atoms with Crippen LogP contribution in [0.3, 0.4) is 0 Å². The number of H-pyrrole nitrogens is 2. The van der Waals surface area contributed by atoms with Crippen molar-refractivity contribution in [3.63, 3.8) is 0 Å². The summed E-state index contributed by atoms with van der Waals surface area (Å²) in [6, 6.07) is 37.9. The maximum atomic E-state index is 14.1. The second-order valence-corrected chi connectivity index (χ2v) is 17.7. The molecule has 2 aliphatic heterocycles. The number of nitrogens with zero attached hydrogens (tertiary/aromatic N) is 6. The normalized spacial score (nSPS) is 18.5. The number of amides is 2. The zero-order valence-corrected chi connectivity index (χ0v) is 36.3. The van der Waals surface area contributed by atoms with Crippen molar-refractivity contribution in [1.29, 1.82) is 0 Å². The molecule has 6 N–H and O–H groups in total. The van der Waals surface area contributed by atoms with Gasteiger partial charge in [0, 0.05) is 62.2 Å². The highest BCUT2D eigenvalue weighted by molar-refractivity contribution is 6.09. The molecule has 2 amide bonds. The zero-order chi connectivity index (χ0) is 44.7. The molecule has 14 heteroatoms. The molecule has 0 unspecified atom stereocenters. The molecule has 2 saturated heterocycles. The Balaban J connectivity index is 0.000000146. The first-order chi connectivity index (χ1) is 32.4. The monoisotopic (exact) mass is 878 g/mol. The minimum atomic E-state index is -0.0379. The minimum absolute atomic E-state index is 0.00100. The fourth-order valence-corrected chi connectivity index (χ4v) is 9.46. The maximum Gasteiger partial charge on any atom is 0.255 e. The number of hydrogen-bond donors (Lipinski definition) is 6. The van der Waals surface area contributed by atoms with Crippen LogP contribution in [0.1, 0.15) is 92.8 Å². The average Bonchev–Trinajstić information content (AvgIpc) is 4.32. The lowest BCUT2D eigenvalue weighted by atomic mass is 9.99. The Bertz CT molecular complexity index is 2830. The van der Waals surface area contributed by atoms with Gasteiger partial charge in [-0.25, -0.2) is 9.97 Å². The molecule has 0 bridgehead atoms. The lowest BCUT2D eigenvalue weighted by Crippen LogP contribution is -2.48. The lowest BCUT2D eigenvalue weighted by Gasteiger charge is -2.36. The highest BCUT2D eigenvalue weighted by Gasteiger charge is 2.36. The van der Waals surface area contributed by atoms with Crippen molar-refractivity contribution in [3.8, 4) is 34.0 Å². The van der Waals surface area contributed by atoms with E-state index in [1.165, 1.54) is 0 Å². The van der Waals surface area contributed by atoms with Crippen LogP contribution < -0.4 is 10.6 Å². The fraction of sp³-hybridized carbons (Fsp3) is 0.269. The van der Waals surface area contributed by atoms with Gasteiger partial charge in [-0.15, -0.1) is 0 Å². The van der Waals surface area contributed by atoms with Gasteiger partial charge in [0.25, 0.3) is 11.8 Å². The van der Waals surface area contributed by atoms with E-state index < -0.39 is 0 Å². The van der Waals surface area contributed by atoms with Crippen LogP contribution in [0.2, 0.25) is 0 Å². The first-order valence-electron chi connectivity index (χ1n) is 22.9. The minimum Gasteiger partial charge on any atom is -0.508 e. The summed E-state index contributed by atoms with van der Waals surface area (Å²) < 4.78 is 0. The van der Waals surface area contributed by atoms with Crippen molar-refractivity contribution in [1.82, 2.24) is 50.8 Å². The first-order valence-corrected chi connectivity index (χ1v) is 22.9. The van der Waals surface area contributed by atoms with Crippen LogP contribution in [0.4, 0.5) is 0 Å². The van der Waals surface area contributed by atoms with E-state index in [9.17, 15) is 19.8 Å². The Morgan fingerprint density at radius 2 is 0.924 bits per heavy atom. The summed E-state index contributed by atoms with van der Waals surface area (Å²) in [4.78, 5) is 41.8. The molecule has 4 aromatic heterocycles. The highest BCUT2D eigenvalue weighted by Crippen LogP contribution is 2.45. The molecule has 4 aliphatic rings. The Hall–Kier alpha value is -7.42. The SMILES string of the molecule is O=C(c1cc(-c2ccc(O)cc2)nc2[nH]nc(C3CC3)c12)N1CCNC[C@H]1c1ccccc1.O=C(c1cc(-c2ccc(O)cc2)nc2[nH]nc(C3CC3)c12)N1CCNC[C@H]1c1ccccc1. The molecule has 0 radical (unpaired) electrons. The summed E-state index contributed by atoms with van der Waals surface area (Å²) in [5, 5.41) is 43.2. The molecule has 12 rings (SSSR count). The second-order valence-electron chi connectivity index (χ2n) is 17.7. The number of phenolic OH excluding ortho intramolecular Hbond substituents is 2. The van der Waals surface area contributed by atoms with Gasteiger partial charge in [-0.05, 0) is 97.5 Å². The molecule has 8 aromatic rings. The summed E-state index contributed by atoms with van der Waals surface area (Å²) in [5.41, 5.74) is 9.74. The quantitative estimate of drug-likeness (QED) is 0.0874. The number of pyridine rings is 2. The number of aromatic amines is 2. The van der Waals surface area contributed by atoms with Gasteiger partial charge >= 0.3 is 0 Å². The van der Waals surface area contributed by atoms with E-state index >= 15 is 0 Å². The maximum absolute atomic E-state index is 14.1. The van der Waals surface area contributed by atoms with Crippen molar-refractivity contribution < 1.29 is 19.8 Å². The fourth-order valence-electron chi connectivity index (χ4n) is 9.46. The first kappa shape index (κ1) is 41.3. The van der Waals surface area contributed by atoms with Crippen LogP contribution in [0.15, 0.2) is 121 Å². The Kier molecular flexibility index (Phi) is 11.0. The number of phenols is 2. The third-order valence-corrected chi connectivity index (χ3v) is 13.2. The molecular weight excluding hydrogens is 829 g/mol. The lowest BCUT2D eigenvalue weighted by molar-refractivity contribution is 0.0629. The van der Waals surface area contributed by atoms with Crippen LogP contribution >= 0.6 is 0 Å². The van der Waals surface area contributed by atoms with Crippen LogP contribution in [0, 0.1) is 0 Å². The van der Waals surface area contributed by atoms with Crippen LogP contribution in [-0.4, -0.2) is 101 Å². The van der Waals surface area contributed by atoms with Gasteiger partial charge in [0.2, 0.25) is 0 Å². The van der Waals surface area contributed by atoms with E-state index in [2.05, 4.69) is 55.3 Å². The van der Waals surface area contributed by atoms with Gasteiger partial charge in [0.05, 0.1) is 56.8 Å². The molecule has 4 aromatic carbocycles. The summed E-state index contributed by atoms with van der Waals surface area (Å²) in [5.74, 6) is 1.17. The zero-order valence-electron chi connectivity index (χ0n) is 36.3. The Morgan fingerprint density at radius 3 is 1.30 bits per heavy atom. The number of nitrogens with one attached hydrogen (secondary N) is 4. The third kappa shape index (κ3) is 8.13. The van der Waals surface area contributed by atoms with Gasteiger partial charge in [-0.2, -0.15) is 10.2 Å². The van der Waals surface area contributed by atoms with Crippen molar-refractivity contribution in [2.45, 2.75) is 49.6 Å². The van der Waals surface area contributed by atoms with E-state index in [4.69, 9.17) is 9.97 Å². The molecule has 4 fully saturated rings. The molecule has 2 aliphatic carbocycles. The van der Waals surface area contributed by atoms with E-state index in [1.807, 2.05) is 82.6 Å². The highest BCUT2D eigenvalue weighted by atomic mass is 16.3. The third-order valence-electron chi connectivity index (χ3n) is 13.2. The summed E-state index contributed by atoms with van der Waals surface area (Å²) in [6.07, 6.45) is 4.36. The van der Waals surface area contributed by atoms with Gasteiger partial charge in [0.1, 0.15) is 11.5 Å². The molecule has 2 saturated carbocycles. The number of carbonyl (C=O) groups excluding carboxylic acids is 2. The molecule has 66 heavy (non-hydrogen) atoms. The number of piperazine rings is 2. The number of aromatic nitrogens is 6. The van der Waals surface area contributed by atoms with Gasteiger partial charge in [-0.1, -0.05) is 60.7 Å². The van der Waals surface area contributed by atoms with Crippen molar-refractivity contribution in [2.75, 3.05) is 39.3 Å². The number of benzene rings is 4. The predicted octanol–water partition coefficient (Wildman–Crippen LogP) is 7.99. The van der Waals surface area contributed by atoms with Crippen molar-refractivity contribution >= 4 is 33.9 Å². The number of hydrogen-bond acceptors (Lipinski definition) is 10. The molecular formula is C52H50N10O4. The van der Waals surface area contributed by atoms with E-state index in [0.29, 0.717) is 58.7 Å². The smallest absolute Gasteiger partial charge is 0.255 e. The number of rotatable bonds is 8. The van der Waals surface area contributed by atoms with Gasteiger partial charge in [0.15, 0.2) is 11.3 Å². The summed E-state index contributed by atoms with van der Waals surface area (Å²) in [6.45, 7) is 4.22. The second kappa shape index (κ2) is 17.5. The topological polar surface area (TPSA) is 188 Å². The van der Waals surface area contributed by atoms with Gasteiger partial charge < -0.3 is 30.6 Å². The average molecular weight is 879 g/mol. The number of aromatic hydroxyl groups is 2. The Morgan fingerprint density at radius 1 is 0.530 bits per heavy atom. The van der Waals surface area contributed by atoms with Crippen molar-refractivity contribution in [3.05, 3.63) is 155 Å². The number of carbonyl (C=O) groups is 2. The largest absolute Gasteiger partial charge is 0.508 e. The summed E-state index contributed by atoms with van der Waals surface area (Å²) in [7, 11) is 0. The molecule has 6 heterocycles. The molecule has 0 spiro atoms. The van der Waals surface area contributed by atoms with Crippen molar-refractivity contribution in [2.24, 2.45) is 0 Å². The van der Waals surface area contributed by atoms with Crippen LogP contribution in [0.5, 0.6) is 11.5 Å². The van der Waals surface area contributed by atoms with E-state index in [0.717, 1.165) is 96.3 Å². The van der Waals surface area contributed by atoms with Gasteiger partial charge in [-0.3, -0.25) is 19.8 Å². The predicted molar refractivity (Wildman–Crippen MR) is 252 cm³/mol. The Labute approximate surface area is 381 Å². The molecule has 332 valence electrons. The molecule has 14 nitrogen and oxygen atoms in total.